The van der Waals surface area contributed by atoms with Crippen LogP contribution in [0.3, 0.4) is 0 Å². The highest BCUT2D eigenvalue weighted by Crippen LogP contribution is 2.26. The minimum Gasteiger partial charge on any atom is -0.423 e. The van der Waals surface area contributed by atoms with Crippen molar-refractivity contribution in [1.82, 2.24) is 9.71 Å². The second kappa shape index (κ2) is 5.43. The lowest BCUT2D eigenvalue weighted by molar-refractivity contribution is -0.383. The Labute approximate surface area is 114 Å². The molecule has 1 aromatic heterocycles. The van der Waals surface area contributed by atoms with E-state index in [0.717, 1.165) is 6.26 Å². The molecular weight excluding hydrogens is 288 g/mol. The van der Waals surface area contributed by atoms with E-state index in [-0.39, 0.29) is 35.9 Å². The maximum atomic E-state index is 10.9. The zero-order valence-corrected chi connectivity index (χ0v) is 11.3. The Hall–Kier alpha value is -2.20. The van der Waals surface area contributed by atoms with Gasteiger partial charge in [-0.2, -0.15) is 4.98 Å². The van der Waals surface area contributed by atoms with Crippen molar-refractivity contribution in [2.24, 2.45) is 0 Å². The lowest BCUT2D eigenvalue weighted by atomic mass is 10.3. The molecule has 1 aromatic carbocycles. The second-order valence-electron chi connectivity index (χ2n) is 3.99. The van der Waals surface area contributed by atoms with E-state index in [1.165, 1.54) is 12.1 Å². The number of nitrogens with zero attached hydrogens (tertiary/aromatic N) is 2. The van der Waals surface area contributed by atoms with Crippen molar-refractivity contribution in [2.45, 2.75) is 0 Å². The van der Waals surface area contributed by atoms with Crippen molar-refractivity contribution in [1.29, 1.82) is 0 Å². The van der Waals surface area contributed by atoms with E-state index in [4.69, 9.17) is 4.42 Å². The number of sulfonamides is 1. The number of rotatable bonds is 6. The number of anilines is 1. The third kappa shape index (κ3) is 3.42. The first-order valence-corrected chi connectivity index (χ1v) is 7.48. The first kappa shape index (κ1) is 14.2. The first-order chi connectivity index (χ1) is 9.37. The van der Waals surface area contributed by atoms with Crippen LogP contribution in [0, 0.1) is 10.1 Å². The number of non-ortho nitro benzene ring substituents is 1. The summed E-state index contributed by atoms with van der Waals surface area (Å²) in [4.78, 5) is 14.3. The SMILES string of the molecule is CS(=O)(=O)NCCNc1nc2c([N+](=O)[O-])cccc2o1. The van der Waals surface area contributed by atoms with Crippen molar-refractivity contribution in [2.75, 3.05) is 24.7 Å². The van der Waals surface area contributed by atoms with Crippen LogP contribution in [0.15, 0.2) is 22.6 Å². The van der Waals surface area contributed by atoms with Gasteiger partial charge in [-0.25, -0.2) is 13.1 Å². The van der Waals surface area contributed by atoms with Crippen LogP contribution in [0.2, 0.25) is 0 Å². The second-order valence-corrected chi connectivity index (χ2v) is 5.83. The molecular formula is C10H12N4O5S. The van der Waals surface area contributed by atoms with Crippen LogP contribution in [-0.2, 0) is 10.0 Å². The van der Waals surface area contributed by atoms with Gasteiger partial charge in [0, 0.05) is 19.2 Å². The van der Waals surface area contributed by atoms with E-state index in [0.29, 0.717) is 0 Å². The van der Waals surface area contributed by atoms with Gasteiger partial charge >= 0.3 is 0 Å². The van der Waals surface area contributed by atoms with Gasteiger partial charge in [0.05, 0.1) is 11.2 Å². The van der Waals surface area contributed by atoms with E-state index < -0.39 is 14.9 Å². The Morgan fingerprint density at radius 3 is 2.80 bits per heavy atom. The quantitative estimate of drug-likeness (QED) is 0.456. The molecule has 0 amide bonds. The summed E-state index contributed by atoms with van der Waals surface area (Å²) in [5.74, 6) is 0. The van der Waals surface area contributed by atoms with E-state index in [1.54, 1.807) is 6.07 Å². The molecule has 0 aliphatic carbocycles. The number of hydrogen-bond donors (Lipinski definition) is 2. The minimum absolute atomic E-state index is 0.101. The highest BCUT2D eigenvalue weighted by atomic mass is 32.2. The number of benzene rings is 1. The maximum absolute atomic E-state index is 10.9. The third-order valence-corrected chi connectivity index (χ3v) is 3.09. The molecule has 108 valence electrons. The molecule has 0 bridgehead atoms. The Balaban J connectivity index is 2.09. The summed E-state index contributed by atoms with van der Waals surface area (Å²) in [6.07, 6.45) is 1.05. The van der Waals surface area contributed by atoms with E-state index in [9.17, 15) is 18.5 Å². The smallest absolute Gasteiger partial charge is 0.298 e. The largest absolute Gasteiger partial charge is 0.423 e. The highest BCUT2D eigenvalue weighted by Gasteiger charge is 2.17. The summed E-state index contributed by atoms with van der Waals surface area (Å²) in [7, 11) is -3.25. The molecule has 10 heteroatoms. The molecule has 2 rings (SSSR count). The first-order valence-electron chi connectivity index (χ1n) is 5.59. The van der Waals surface area contributed by atoms with Gasteiger partial charge in [0.25, 0.3) is 11.7 Å². The van der Waals surface area contributed by atoms with Gasteiger partial charge in [0.1, 0.15) is 0 Å². The van der Waals surface area contributed by atoms with Crippen LogP contribution in [0.5, 0.6) is 0 Å². The summed E-state index contributed by atoms with van der Waals surface area (Å²) in [6.45, 7) is 0.396. The monoisotopic (exact) mass is 300 g/mol. The van der Waals surface area contributed by atoms with Crippen LogP contribution < -0.4 is 10.0 Å². The molecule has 0 unspecified atom stereocenters. The van der Waals surface area contributed by atoms with Crippen LogP contribution in [0.25, 0.3) is 11.1 Å². The van der Waals surface area contributed by atoms with Gasteiger partial charge in [-0.05, 0) is 6.07 Å². The summed E-state index contributed by atoms with van der Waals surface area (Å²) < 4.78 is 29.3. The van der Waals surface area contributed by atoms with E-state index in [1.807, 2.05) is 0 Å². The van der Waals surface area contributed by atoms with Crippen molar-refractivity contribution in [3.63, 3.8) is 0 Å². The van der Waals surface area contributed by atoms with Crippen LogP contribution in [0.1, 0.15) is 0 Å². The summed E-state index contributed by atoms with van der Waals surface area (Å²) >= 11 is 0. The molecule has 2 N–H and O–H groups in total. The van der Waals surface area contributed by atoms with Gasteiger partial charge in [-0.1, -0.05) is 6.07 Å². The minimum atomic E-state index is -3.25. The number of nitro benzene ring substituents is 1. The number of aromatic nitrogens is 1. The molecule has 9 nitrogen and oxygen atoms in total. The van der Waals surface area contributed by atoms with Crippen molar-refractivity contribution in [3.8, 4) is 0 Å². The third-order valence-electron chi connectivity index (χ3n) is 2.36. The molecule has 0 atom stereocenters. The molecule has 0 aliphatic heterocycles. The Bertz CT molecular complexity index is 739. The molecule has 0 radical (unpaired) electrons. The predicted molar refractivity (Wildman–Crippen MR) is 72.0 cm³/mol. The van der Waals surface area contributed by atoms with Gasteiger partial charge in [0.15, 0.2) is 11.1 Å². The maximum Gasteiger partial charge on any atom is 0.298 e. The standard InChI is InChI=1S/C10H12N4O5S/c1-20(17,18)12-6-5-11-10-13-9-7(14(15)16)3-2-4-8(9)19-10/h2-4,12H,5-6H2,1H3,(H,11,13). The Morgan fingerprint density at radius 2 is 2.15 bits per heavy atom. The summed E-state index contributed by atoms with van der Waals surface area (Å²) in [5, 5.41) is 13.6. The number of para-hydroxylation sites is 1. The van der Waals surface area contributed by atoms with E-state index in [2.05, 4.69) is 15.0 Å². The fraction of sp³-hybridized carbons (Fsp3) is 0.300. The fourth-order valence-corrected chi connectivity index (χ4v) is 2.04. The molecule has 0 aliphatic rings. The molecule has 2 aromatic rings. The zero-order valence-electron chi connectivity index (χ0n) is 10.5. The summed E-state index contributed by atoms with van der Waals surface area (Å²) in [5.41, 5.74) is 0.294. The van der Waals surface area contributed by atoms with Gasteiger partial charge in [0.2, 0.25) is 10.0 Å². The molecule has 20 heavy (non-hydrogen) atoms. The van der Waals surface area contributed by atoms with Crippen molar-refractivity contribution in [3.05, 3.63) is 28.3 Å². The Kier molecular flexibility index (Phi) is 3.86. The predicted octanol–water partition coefficient (Wildman–Crippen LogP) is 0.697. The number of oxazole rings is 1. The number of fused-ring (bicyclic) bond motifs is 1. The molecule has 0 fully saturated rings. The van der Waals surface area contributed by atoms with Crippen LogP contribution >= 0.6 is 0 Å². The van der Waals surface area contributed by atoms with Gasteiger partial charge in [-0.15, -0.1) is 0 Å². The van der Waals surface area contributed by atoms with Crippen LogP contribution in [0.4, 0.5) is 11.7 Å². The fourth-order valence-electron chi connectivity index (χ4n) is 1.56. The van der Waals surface area contributed by atoms with Crippen LogP contribution in [-0.4, -0.2) is 37.7 Å². The zero-order chi connectivity index (χ0) is 14.8. The molecule has 0 spiro atoms. The van der Waals surface area contributed by atoms with Gasteiger partial charge in [-0.3, -0.25) is 10.1 Å². The lowest BCUT2D eigenvalue weighted by Gasteiger charge is -2.01. The number of nitrogens with one attached hydrogen (secondary N) is 2. The number of nitro groups is 1. The Morgan fingerprint density at radius 1 is 1.40 bits per heavy atom. The van der Waals surface area contributed by atoms with E-state index >= 15 is 0 Å². The van der Waals surface area contributed by atoms with Gasteiger partial charge < -0.3 is 9.73 Å². The summed E-state index contributed by atoms with van der Waals surface area (Å²) in [6, 6.07) is 4.50. The highest BCUT2D eigenvalue weighted by molar-refractivity contribution is 7.88. The number of hydrogen-bond acceptors (Lipinski definition) is 7. The molecule has 0 saturated carbocycles. The molecule has 0 saturated heterocycles. The topological polar surface area (TPSA) is 127 Å². The normalized spacial score (nSPS) is 11.7. The van der Waals surface area contributed by atoms with Crippen molar-refractivity contribution >= 4 is 32.8 Å². The average molecular weight is 300 g/mol. The molecule has 1 heterocycles. The van der Waals surface area contributed by atoms with Crippen molar-refractivity contribution < 1.29 is 17.8 Å². The average Bonchev–Trinajstić information content (AvgIpc) is 2.75. The lowest BCUT2D eigenvalue weighted by Crippen LogP contribution is -2.27.